The molecule has 6 aromatic rings. The number of methoxy groups -OCH3 is 1. The van der Waals surface area contributed by atoms with Crippen molar-refractivity contribution in [3.05, 3.63) is 89.6 Å². The topological polar surface area (TPSA) is 169 Å². The number of ether oxygens (including phenoxy) is 2. The smallest absolute Gasteiger partial charge is 0.324 e. The fraction of sp³-hybridized carbons (Fsp3) is 0.0370. The fourth-order valence-corrected chi connectivity index (χ4v) is 4.14. The lowest BCUT2D eigenvalue weighted by Crippen LogP contribution is -2.21. The third-order valence-corrected chi connectivity index (χ3v) is 5.94. The van der Waals surface area contributed by atoms with E-state index in [1.165, 1.54) is 17.1 Å². The van der Waals surface area contributed by atoms with E-state index in [1.54, 1.807) is 43.5 Å². The molecule has 0 atom stereocenters. The first-order chi connectivity index (χ1) is 19.5. The quantitative estimate of drug-likeness (QED) is 0.244. The Balaban J connectivity index is 1.27. The second-order valence-corrected chi connectivity index (χ2v) is 8.46. The summed E-state index contributed by atoms with van der Waals surface area (Å²) in [5, 5.41) is 21.0. The molecule has 0 aliphatic heterocycles. The maximum absolute atomic E-state index is 13.0. The average molecular weight is 537 g/mol. The number of hydrogen-bond donors (Lipinski definition) is 4. The van der Waals surface area contributed by atoms with Crippen LogP contribution < -0.4 is 25.7 Å². The molecule has 0 saturated carbocycles. The lowest BCUT2D eigenvalue weighted by Gasteiger charge is -2.14. The predicted octanol–water partition coefficient (Wildman–Crippen LogP) is 4.20. The Morgan fingerprint density at radius 3 is 2.58 bits per heavy atom. The highest BCUT2D eigenvalue weighted by Crippen LogP contribution is 2.35. The molecule has 0 spiro atoms. The summed E-state index contributed by atoms with van der Waals surface area (Å²) < 4.78 is 12.7. The first-order valence-electron chi connectivity index (χ1n) is 11.9. The Morgan fingerprint density at radius 2 is 1.77 bits per heavy atom. The Bertz CT molecular complexity index is 1930. The van der Waals surface area contributed by atoms with Crippen molar-refractivity contribution in [1.29, 1.82) is 0 Å². The zero-order chi connectivity index (χ0) is 27.6. The first-order valence-corrected chi connectivity index (χ1v) is 11.9. The largest absolute Gasteiger partial charge is 0.497 e. The molecular formula is C27H20N8O5. The number of hydrogen-bond acceptors (Lipinski definition) is 9. The number of anilines is 2. The molecule has 0 aliphatic rings. The van der Waals surface area contributed by atoms with Crippen LogP contribution in [-0.4, -0.2) is 48.0 Å². The van der Waals surface area contributed by atoms with Crippen LogP contribution in [0.25, 0.3) is 27.6 Å². The minimum atomic E-state index is -0.552. The number of aromatic nitrogens is 6. The van der Waals surface area contributed by atoms with Gasteiger partial charge in [0.2, 0.25) is 5.88 Å². The van der Waals surface area contributed by atoms with Crippen molar-refractivity contribution in [2.24, 2.45) is 0 Å². The summed E-state index contributed by atoms with van der Waals surface area (Å²) in [6.07, 6.45) is 2.40. The van der Waals surface area contributed by atoms with Gasteiger partial charge in [0.25, 0.3) is 11.4 Å². The van der Waals surface area contributed by atoms with E-state index in [9.17, 15) is 14.7 Å². The molecular weight excluding hydrogens is 516 g/mol. The Labute approximate surface area is 225 Å². The number of nitrogens with zero attached hydrogens (tertiary/aromatic N) is 5. The van der Waals surface area contributed by atoms with Crippen LogP contribution in [0, 0.1) is 0 Å². The van der Waals surface area contributed by atoms with E-state index in [1.807, 2.05) is 24.3 Å². The van der Waals surface area contributed by atoms with Gasteiger partial charge in [-0.15, -0.1) is 5.10 Å². The van der Waals surface area contributed by atoms with Gasteiger partial charge in [-0.25, -0.2) is 19.4 Å². The molecule has 40 heavy (non-hydrogen) atoms. The van der Waals surface area contributed by atoms with Crippen LogP contribution in [0.2, 0.25) is 0 Å². The van der Waals surface area contributed by atoms with E-state index in [2.05, 4.69) is 35.7 Å². The van der Waals surface area contributed by atoms with E-state index in [4.69, 9.17) is 9.47 Å². The number of carbonyl (C=O) groups excluding carboxylic acids is 1. The Morgan fingerprint density at radius 1 is 0.975 bits per heavy atom. The molecule has 3 aromatic heterocycles. The molecule has 0 unspecified atom stereocenters. The molecule has 4 N–H and O–H groups in total. The fourth-order valence-electron chi connectivity index (χ4n) is 4.14. The number of amides is 2. The van der Waals surface area contributed by atoms with Gasteiger partial charge in [-0.1, -0.05) is 24.3 Å². The molecule has 13 heteroatoms. The van der Waals surface area contributed by atoms with Crippen LogP contribution in [0.4, 0.5) is 16.3 Å². The van der Waals surface area contributed by atoms with Crippen LogP contribution in [0.1, 0.15) is 0 Å². The number of rotatable bonds is 6. The van der Waals surface area contributed by atoms with E-state index in [0.717, 1.165) is 6.20 Å². The molecule has 0 bridgehead atoms. The van der Waals surface area contributed by atoms with E-state index in [0.29, 0.717) is 39.2 Å². The van der Waals surface area contributed by atoms with Crippen LogP contribution in [0.3, 0.4) is 0 Å². The van der Waals surface area contributed by atoms with Crippen molar-refractivity contribution >= 4 is 39.5 Å². The second-order valence-electron chi connectivity index (χ2n) is 8.46. The van der Waals surface area contributed by atoms with Crippen LogP contribution in [0.15, 0.2) is 84.0 Å². The third-order valence-electron chi connectivity index (χ3n) is 5.94. The van der Waals surface area contributed by atoms with Gasteiger partial charge in [-0.3, -0.25) is 10.1 Å². The van der Waals surface area contributed by atoms with Crippen molar-refractivity contribution in [2.75, 3.05) is 17.7 Å². The van der Waals surface area contributed by atoms with Crippen LogP contribution in [-0.2, 0) is 0 Å². The predicted molar refractivity (Wildman–Crippen MR) is 146 cm³/mol. The number of carbonyl (C=O) groups is 1. The molecule has 0 aliphatic carbocycles. The minimum absolute atomic E-state index is 0.163. The third kappa shape index (κ3) is 4.69. The zero-order valence-corrected chi connectivity index (χ0v) is 20.8. The van der Waals surface area contributed by atoms with Crippen molar-refractivity contribution in [3.8, 4) is 28.9 Å². The lowest BCUT2D eigenvalue weighted by molar-refractivity contribution is 0.262. The molecule has 13 nitrogen and oxygen atoms in total. The lowest BCUT2D eigenvalue weighted by atomic mass is 10.1. The molecule has 198 valence electrons. The first kappa shape index (κ1) is 24.4. The molecule has 0 fully saturated rings. The summed E-state index contributed by atoms with van der Waals surface area (Å²) in [5.41, 5.74) is 1.27. The van der Waals surface area contributed by atoms with Crippen molar-refractivity contribution in [3.63, 3.8) is 0 Å². The molecule has 2 amide bonds. The Kier molecular flexibility index (Phi) is 6.13. The number of urea groups is 1. The molecule has 6 rings (SSSR count). The summed E-state index contributed by atoms with van der Waals surface area (Å²) in [7, 11) is 1.56. The SMILES string of the molecule is COc1ccc(-n2nc(O)cc2NC(=O)Nc2ccc(Oc3ncnc4[nH]c(=O)cnc34)c3ccccc23)cc1. The van der Waals surface area contributed by atoms with Crippen LogP contribution >= 0.6 is 0 Å². The van der Waals surface area contributed by atoms with Gasteiger partial charge in [-0.05, 0) is 36.4 Å². The van der Waals surface area contributed by atoms with Crippen molar-refractivity contribution < 1.29 is 19.4 Å². The van der Waals surface area contributed by atoms with Gasteiger partial charge in [0.1, 0.15) is 23.6 Å². The summed E-state index contributed by atoms with van der Waals surface area (Å²) in [5.74, 6) is 1.28. The van der Waals surface area contributed by atoms with Crippen molar-refractivity contribution in [2.45, 2.75) is 0 Å². The van der Waals surface area contributed by atoms with Gasteiger partial charge in [0.15, 0.2) is 11.2 Å². The number of fused-ring (bicyclic) bond motifs is 2. The molecule has 0 radical (unpaired) electrons. The monoisotopic (exact) mass is 536 g/mol. The van der Waals surface area contributed by atoms with Gasteiger partial charge >= 0.3 is 6.03 Å². The molecule has 3 aromatic carbocycles. The van der Waals surface area contributed by atoms with E-state index < -0.39 is 11.6 Å². The Hall–Kier alpha value is -5.98. The number of benzene rings is 3. The maximum Gasteiger partial charge on any atom is 0.324 e. The number of H-pyrrole nitrogens is 1. The van der Waals surface area contributed by atoms with Gasteiger partial charge in [0.05, 0.1) is 24.7 Å². The zero-order valence-electron chi connectivity index (χ0n) is 20.8. The highest BCUT2D eigenvalue weighted by molar-refractivity contribution is 6.07. The highest BCUT2D eigenvalue weighted by atomic mass is 16.5. The number of nitrogens with one attached hydrogen (secondary N) is 3. The standard InChI is InChI=1S/C27H20N8O5/c1-39-16-8-6-15(7-9-16)35-21(12-22(36)34-35)32-27(38)31-19-10-11-20(18-5-3-2-4-17(18)19)40-26-24-25(29-14-30-26)33-23(37)13-28-24/h2-14H,1H3,(H,34,36)(H2,31,32,38)(H,29,30,33,37). The number of aromatic hydroxyl groups is 1. The maximum atomic E-state index is 13.0. The van der Waals surface area contributed by atoms with Gasteiger partial charge < -0.3 is 24.9 Å². The average Bonchev–Trinajstić information content (AvgIpc) is 3.33. The van der Waals surface area contributed by atoms with Crippen molar-refractivity contribution in [1.82, 2.24) is 29.7 Å². The molecule has 3 heterocycles. The normalized spacial score (nSPS) is 10.9. The molecule has 0 saturated heterocycles. The summed E-state index contributed by atoms with van der Waals surface area (Å²) in [6.45, 7) is 0. The van der Waals surface area contributed by atoms with Gasteiger partial charge in [-0.2, -0.15) is 4.98 Å². The van der Waals surface area contributed by atoms with Crippen LogP contribution in [0.5, 0.6) is 23.3 Å². The van der Waals surface area contributed by atoms with E-state index >= 15 is 0 Å². The summed E-state index contributed by atoms with van der Waals surface area (Å²) in [4.78, 5) is 39.5. The highest BCUT2D eigenvalue weighted by Gasteiger charge is 2.16. The number of aromatic amines is 1. The minimum Gasteiger partial charge on any atom is -0.497 e. The van der Waals surface area contributed by atoms with Gasteiger partial charge in [0, 0.05) is 16.8 Å². The summed E-state index contributed by atoms with van der Waals surface area (Å²) >= 11 is 0. The van der Waals surface area contributed by atoms with E-state index in [-0.39, 0.29) is 23.2 Å². The summed E-state index contributed by atoms with van der Waals surface area (Å²) in [6, 6.07) is 18.5. The second kappa shape index (κ2) is 10.1.